The van der Waals surface area contributed by atoms with Crippen LogP contribution in [-0.2, 0) is 13.1 Å². The third-order valence-corrected chi connectivity index (χ3v) is 4.15. The molecule has 1 aliphatic heterocycles. The quantitative estimate of drug-likeness (QED) is 0.888. The number of rotatable bonds is 3. The molecule has 2 rings (SSSR count). The summed E-state index contributed by atoms with van der Waals surface area (Å²) in [6.07, 6.45) is 4.09. The molecule has 0 saturated carbocycles. The standard InChI is InChI=1S/C16H26N2/c1-13-4-3-8-18(9-7-13)12-16-6-5-15(11-17)10-14(16)2/h5-6,10,13H,3-4,7-9,11-12,17H2,1-2H3. The first-order valence-corrected chi connectivity index (χ1v) is 7.20. The van der Waals surface area contributed by atoms with Crippen molar-refractivity contribution in [2.24, 2.45) is 11.7 Å². The van der Waals surface area contributed by atoms with E-state index in [1.807, 2.05) is 0 Å². The number of hydrogen-bond donors (Lipinski definition) is 1. The minimum absolute atomic E-state index is 0.641. The highest BCUT2D eigenvalue weighted by Crippen LogP contribution is 2.19. The van der Waals surface area contributed by atoms with Gasteiger partial charge in [0.1, 0.15) is 0 Å². The lowest BCUT2D eigenvalue weighted by Gasteiger charge is -2.21. The van der Waals surface area contributed by atoms with E-state index >= 15 is 0 Å². The van der Waals surface area contributed by atoms with E-state index in [9.17, 15) is 0 Å². The SMILES string of the molecule is Cc1cc(CN)ccc1CN1CCCC(C)CC1. The molecule has 0 spiro atoms. The summed E-state index contributed by atoms with van der Waals surface area (Å²) in [5.41, 5.74) is 9.76. The van der Waals surface area contributed by atoms with Crippen LogP contribution in [0.1, 0.15) is 42.9 Å². The van der Waals surface area contributed by atoms with Crippen molar-refractivity contribution in [2.75, 3.05) is 13.1 Å². The monoisotopic (exact) mass is 246 g/mol. The highest BCUT2D eigenvalue weighted by Gasteiger charge is 2.14. The Labute approximate surface area is 111 Å². The zero-order chi connectivity index (χ0) is 13.0. The molecule has 0 aliphatic carbocycles. The van der Waals surface area contributed by atoms with Crippen LogP contribution < -0.4 is 5.73 Å². The van der Waals surface area contributed by atoms with Gasteiger partial charge in [-0.2, -0.15) is 0 Å². The first-order valence-electron chi connectivity index (χ1n) is 7.20. The topological polar surface area (TPSA) is 29.3 Å². The van der Waals surface area contributed by atoms with Gasteiger partial charge >= 0.3 is 0 Å². The summed E-state index contributed by atoms with van der Waals surface area (Å²) in [4.78, 5) is 2.61. The number of nitrogens with zero attached hydrogens (tertiary/aromatic N) is 1. The molecule has 2 heteroatoms. The van der Waals surface area contributed by atoms with Crippen molar-refractivity contribution in [3.8, 4) is 0 Å². The van der Waals surface area contributed by atoms with E-state index in [1.54, 1.807) is 0 Å². The van der Waals surface area contributed by atoms with Gasteiger partial charge < -0.3 is 5.73 Å². The molecule has 1 aromatic rings. The third-order valence-electron chi connectivity index (χ3n) is 4.15. The Hall–Kier alpha value is -0.860. The molecule has 1 unspecified atom stereocenters. The van der Waals surface area contributed by atoms with E-state index in [-0.39, 0.29) is 0 Å². The van der Waals surface area contributed by atoms with Gasteiger partial charge in [-0.3, -0.25) is 4.90 Å². The molecule has 1 saturated heterocycles. The summed E-state index contributed by atoms with van der Waals surface area (Å²) < 4.78 is 0. The molecule has 0 amide bonds. The molecule has 0 bridgehead atoms. The maximum absolute atomic E-state index is 5.68. The molecule has 1 fully saturated rings. The van der Waals surface area contributed by atoms with E-state index in [0.29, 0.717) is 6.54 Å². The lowest BCUT2D eigenvalue weighted by atomic mass is 10.0. The molecule has 2 nitrogen and oxygen atoms in total. The molecular formula is C16H26N2. The van der Waals surface area contributed by atoms with Gasteiger partial charge in [0.25, 0.3) is 0 Å². The van der Waals surface area contributed by atoms with Crippen molar-refractivity contribution in [3.05, 3.63) is 34.9 Å². The van der Waals surface area contributed by atoms with Gasteiger partial charge in [0.2, 0.25) is 0 Å². The second-order valence-electron chi connectivity index (χ2n) is 5.78. The van der Waals surface area contributed by atoms with E-state index in [2.05, 4.69) is 36.9 Å². The maximum Gasteiger partial charge on any atom is 0.0236 e. The number of hydrogen-bond acceptors (Lipinski definition) is 2. The summed E-state index contributed by atoms with van der Waals surface area (Å²) in [5, 5.41) is 0. The molecule has 1 aliphatic rings. The average Bonchev–Trinajstić information content (AvgIpc) is 2.57. The molecular weight excluding hydrogens is 220 g/mol. The summed E-state index contributed by atoms with van der Waals surface area (Å²) in [7, 11) is 0. The highest BCUT2D eigenvalue weighted by atomic mass is 15.1. The zero-order valence-electron chi connectivity index (χ0n) is 11.8. The molecule has 0 aromatic heterocycles. The highest BCUT2D eigenvalue weighted by molar-refractivity contribution is 5.31. The van der Waals surface area contributed by atoms with Gasteiger partial charge in [-0.25, -0.2) is 0 Å². The van der Waals surface area contributed by atoms with Crippen molar-refractivity contribution < 1.29 is 0 Å². The summed E-state index contributed by atoms with van der Waals surface area (Å²) in [6, 6.07) is 6.66. The van der Waals surface area contributed by atoms with Crippen molar-refractivity contribution in [1.82, 2.24) is 4.90 Å². The maximum atomic E-state index is 5.68. The fourth-order valence-electron chi connectivity index (χ4n) is 2.78. The second-order valence-corrected chi connectivity index (χ2v) is 5.78. The van der Waals surface area contributed by atoms with Gasteiger partial charge in [0.15, 0.2) is 0 Å². The number of aryl methyl sites for hydroxylation is 1. The molecule has 1 atom stereocenters. The molecule has 0 radical (unpaired) electrons. The van der Waals surface area contributed by atoms with E-state index < -0.39 is 0 Å². The van der Waals surface area contributed by atoms with Crippen LogP contribution in [0.25, 0.3) is 0 Å². The van der Waals surface area contributed by atoms with Crippen LogP contribution in [-0.4, -0.2) is 18.0 Å². The smallest absolute Gasteiger partial charge is 0.0236 e. The molecule has 1 heterocycles. The Morgan fingerprint density at radius 3 is 2.83 bits per heavy atom. The Morgan fingerprint density at radius 2 is 2.11 bits per heavy atom. The predicted octanol–water partition coefficient (Wildman–Crippen LogP) is 3.08. The van der Waals surface area contributed by atoms with Crippen LogP contribution in [0.2, 0.25) is 0 Å². The van der Waals surface area contributed by atoms with Crippen LogP contribution in [0.4, 0.5) is 0 Å². The average molecular weight is 246 g/mol. The Kier molecular flexibility index (Phi) is 4.79. The lowest BCUT2D eigenvalue weighted by molar-refractivity contribution is 0.273. The Morgan fingerprint density at radius 1 is 1.28 bits per heavy atom. The molecule has 100 valence electrons. The van der Waals surface area contributed by atoms with Crippen LogP contribution in [0, 0.1) is 12.8 Å². The zero-order valence-corrected chi connectivity index (χ0v) is 11.8. The first-order chi connectivity index (χ1) is 8.69. The molecule has 18 heavy (non-hydrogen) atoms. The minimum atomic E-state index is 0.641. The first kappa shape index (κ1) is 13.6. The second kappa shape index (κ2) is 6.35. The summed E-state index contributed by atoms with van der Waals surface area (Å²) >= 11 is 0. The van der Waals surface area contributed by atoms with Crippen LogP contribution >= 0.6 is 0 Å². The van der Waals surface area contributed by atoms with Gasteiger partial charge in [-0.05, 0) is 61.9 Å². The van der Waals surface area contributed by atoms with Gasteiger partial charge in [-0.15, -0.1) is 0 Å². The number of likely N-dealkylation sites (tertiary alicyclic amines) is 1. The van der Waals surface area contributed by atoms with Gasteiger partial charge in [-0.1, -0.05) is 25.1 Å². The normalized spacial score (nSPS) is 21.8. The minimum Gasteiger partial charge on any atom is -0.326 e. The Balaban J connectivity index is 2.00. The van der Waals surface area contributed by atoms with Crippen molar-refractivity contribution in [3.63, 3.8) is 0 Å². The lowest BCUT2D eigenvalue weighted by Crippen LogP contribution is -2.24. The fraction of sp³-hybridized carbons (Fsp3) is 0.625. The van der Waals surface area contributed by atoms with E-state index in [4.69, 9.17) is 5.73 Å². The van der Waals surface area contributed by atoms with Crippen molar-refractivity contribution in [2.45, 2.75) is 46.2 Å². The van der Waals surface area contributed by atoms with Crippen LogP contribution in [0.5, 0.6) is 0 Å². The Bertz CT molecular complexity index is 387. The summed E-state index contributed by atoms with van der Waals surface area (Å²) in [6.45, 7) is 8.83. The van der Waals surface area contributed by atoms with Gasteiger partial charge in [0, 0.05) is 13.1 Å². The predicted molar refractivity (Wildman–Crippen MR) is 77.4 cm³/mol. The third kappa shape index (κ3) is 3.56. The van der Waals surface area contributed by atoms with E-state index in [1.165, 1.54) is 49.0 Å². The molecule has 1 aromatic carbocycles. The van der Waals surface area contributed by atoms with Crippen LogP contribution in [0.15, 0.2) is 18.2 Å². The fourth-order valence-corrected chi connectivity index (χ4v) is 2.78. The molecule has 2 N–H and O–H groups in total. The van der Waals surface area contributed by atoms with Crippen molar-refractivity contribution in [1.29, 1.82) is 0 Å². The van der Waals surface area contributed by atoms with Crippen molar-refractivity contribution >= 4 is 0 Å². The van der Waals surface area contributed by atoms with Gasteiger partial charge in [0.05, 0.1) is 0 Å². The van der Waals surface area contributed by atoms with Crippen LogP contribution in [0.3, 0.4) is 0 Å². The number of benzene rings is 1. The summed E-state index contributed by atoms with van der Waals surface area (Å²) in [5.74, 6) is 0.899. The largest absolute Gasteiger partial charge is 0.326 e. The number of nitrogens with two attached hydrogens (primary N) is 1. The van der Waals surface area contributed by atoms with E-state index in [0.717, 1.165) is 12.5 Å².